The van der Waals surface area contributed by atoms with E-state index in [0.29, 0.717) is 16.7 Å². The summed E-state index contributed by atoms with van der Waals surface area (Å²) in [7, 11) is 0. The van der Waals surface area contributed by atoms with Crippen LogP contribution in [0.25, 0.3) is 11.4 Å². The first-order chi connectivity index (χ1) is 9.70. The zero-order valence-electron chi connectivity index (χ0n) is 11.0. The molecule has 1 fully saturated rings. The number of aromatic nitrogens is 2. The lowest BCUT2D eigenvalue weighted by atomic mass is 10.1. The van der Waals surface area contributed by atoms with Crippen molar-refractivity contribution in [3.05, 3.63) is 34.7 Å². The van der Waals surface area contributed by atoms with Crippen molar-refractivity contribution in [2.75, 3.05) is 6.54 Å². The standard InChI is InChI=1S/C14H14ClN3O2/c1-9-10(4-2-5-11(9)15)13-16-14(20-17-13)12-6-3-7-18(12)8-19/h2,4-5,8,12H,3,6-7H2,1H3/t12-/m0/s1. The molecule has 104 valence electrons. The van der Waals surface area contributed by atoms with E-state index in [9.17, 15) is 4.79 Å². The maximum atomic E-state index is 11.0. The number of nitrogens with zero attached hydrogens (tertiary/aromatic N) is 3. The third-order valence-electron chi connectivity index (χ3n) is 3.66. The van der Waals surface area contributed by atoms with Crippen molar-refractivity contribution in [3.63, 3.8) is 0 Å². The van der Waals surface area contributed by atoms with Crippen LogP contribution in [0.5, 0.6) is 0 Å². The molecule has 1 saturated heterocycles. The maximum Gasteiger partial charge on any atom is 0.249 e. The molecule has 0 aliphatic carbocycles. The Balaban J connectivity index is 1.94. The molecule has 3 rings (SSSR count). The van der Waals surface area contributed by atoms with Crippen LogP contribution in [-0.2, 0) is 4.79 Å². The van der Waals surface area contributed by atoms with Gasteiger partial charge in [-0.2, -0.15) is 4.98 Å². The summed E-state index contributed by atoms with van der Waals surface area (Å²) >= 11 is 6.10. The van der Waals surface area contributed by atoms with Crippen molar-refractivity contribution in [2.24, 2.45) is 0 Å². The van der Waals surface area contributed by atoms with Gasteiger partial charge in [0.05, 0.1) is 0 Å². The first kappa shape index (κ1) is 13.1. The summed E-state index contributed by atoms with van der Waals surface area (Å²) in [5.74, 6) is 1.00. The lowest BCUT2D eigenvalue weighted by Crippen LogP contribution is -2.21. The van der Waals surface area contributed by atoms with Gasteiger partial charge in [-0.25, -0.2) is 0 Å². The van der Waals surface area contributed by atoms with E-state index >= 15 is 0 Å². The van der Waals surface area contributed by atoms with Crippen LogP contribution in [0.2, 0.25) is 5.02 Å². The predicted molar refractivity (Wildman–Crippen MR) is 74.2 cm³/mol. The SMILES string of the molecule is Cc1c(Cl)cccc1-c1noc([C@@H]2CCCN2C=O)n1. The van der Waals surface area contributed by atoms with E-state index in [4.69, 9.17) is 16.1 Å². The molecule has 1 aliphatic rings. The van der Waals surface area contributed by atoms with Gasteiger partial charge in [-0.05, 0) is 31.4 Å². The molecule has 2 aromatic rings. The van der Waals surface area contributed by atoms with Crippen LogP contribution in [0.4, 0.5) is 0 Å². The highest BCUT2D eigenvalue weighted by Gasteiger charge is 2.29. The largest absolute Gasteiger partial charge is 0.337 e. The smallest absolute Gasteiger partial charge is 0.249 e. The lowest BCUT2D eigenvalue weighted by molar-refractivity contribution is -0.119. The van der Waals surface area contributed by atoms with Crippen molar-refractivity contribution < 1.29 is 9.32 Å². The molecular weight excluding hydrogens is 278 g/mol. The predicted octanol–water partition coefficient (Wildman–Crippen LogP) is 2.99. The van der Waals surface area contributed by atoms with Gasteiger partial charge in [0, 0.05) is 17.1 Å². The van der Waals surface area contributed by atoms with Crippen molar-refractivity contribution in [3.8, 4) is 11.4 Å². The van der Waals surface area contributed by atoms with E-state index in [2.05, 4.69) is 10.1 Å². The van der Waals surface area contributed by atoms with Gasteiger partial charge >= 0.3 is 0 Å². The molecule has 6 heteroatoms. The minimum atomic E-state index is -0.103. The van der Waals surface area contributed by atoms with Crippen molar-refractivity contribution in [2.45, 2.75) is 25.8 Å². The van der Waals surface area contributed by atoms with Crippen LogP contribution in [-0.4, -0.2) is 28.0 Å². The van der Waals surface area contributed by atoms with Crippen LogP contribution in [0.3, 0.4) is 0 Å². The number of carbonyl (C=O) groups is 1. The highest BCUT2D eigenvalue weighted by molar-refractivity contribution is 6.31. The van der Waals surface area contributed by atoms with E-state index in [1.165, 1.54) is 0 Å². The van der Waals surface area contributed by atoms with Gasteiger partial charge in [-0.15, -0.1) is 0 Å². The number of likely N-dealkylation sites (tertiary alicyclic amines) is 1. The summed E-state index contributed by atoms with van der Waals surface area (Å²) in [6.07, 6.45) is 2.65. The third kappa shape index (κ3) is 2.18. The number of amides is 1. The first-order valence-corrected chi connectivity index (χ1v) is 6.88. The number of hydrogen-bond donors (Lipinski definition) is 0. The van der Waals surface area contributed by atoms with E-state index in [0.717, 1.165) is 36.9 Å². The van der Waals surface area contributed by atoms with Gasteiger partial charge in [0.2, 0.25) is 18.1 Å². The molecule has 0 saturated carbocycles. The fourth-order valence-electron chi connectivity index (χ4n) is 2.51. The Labute approximate surface area is 121 Å². The summed E-state index contributed by atoms with van der Waals surface area (Å²) in [6.45, 7) is 2.66. The van der Waals surface area contributed by atoms with Crippen molar-refractivity contribution >= 4 is 18.0 Å². The zero-order valence-corrected chi connectivity index (χ0v) is 11.8. The van der Waals surface area contributed by atoms with Gasteiger partial charge in [0.25, 0.3) is 0 Å². The highest BCUT2D eigenvalue weighted by Crippen LogP contribution is 2.32. The van der Waals surface area contributed by atoms with Crippen LogP contribution >= 0.6 is 11.6 Å². The Bertz CT molecular complexity index is 641. The Morgan fingerprint density at radius 1 is 1.50 bits per heavy atom. The van der Waals surface area contributed by atoms with Crippen LogP contribution in [0.15, 0.2) is 22.7 Å². The molecule has 0 radical (unpaired) electrons. The normalized spacial score (nSPS) is 18.5. The van der Waals surface area contributed by atoms with Crippen molar-refractivity contribution in [1.82, 2.24) is 15.0 Å². The van der Waals surface area contributed by atoms with Crippen LogP contribution in [0.1, 0.15) is 30.3 Å². The summed E-state index contributed by atoms with van der Waals surface area (Å²) in [5, 5.41) is 4.68. The molecule has 1 atom stereocenters. The van der Waals surface area contributed by atoms with Gasteiger partial charge in [0.15, 0.2) is 0 Å². The first-order valence-electron chi connectivity index (χ1n) is 6.51. The highest BCUT2D eigenvalue weighted by atomic mass is 35.5. The molecule has 1 aromatic carbocycles. The second-order valence-electron chi connectivity index (χ2n) is 4.87. The monoisotopic (exact) mass is 291 g/mol. The number of carbonyl (C=O) groups excluding carboxylic acids is 1. The van der Waals surface area contributed by atoms with Crippen LogP contribution < -0.4 is 0 Å². The summed E-state index contributed by atoms with van der Waals surface area (Å²) in [6, 6.07) is 5.48. The number of hydrogen-bond acceptors (Lipinski definition) is 4. The number of benzene rings is 1. The van der Waals surface area contributed by atoms with Gasteiger partial charge in [-0.1, -0.05) is 28.9 Å². The molecule has 2 heterocycles. The lowest BCUT2D eigenvalue weighted by Gasteiger charge is -2.15. The summed E-state index contributed by atoms with van der Waals surface area (Å²) in [4.78, 5) is 17.1. The Morgan fingerprint density at radius 2 is 2.35 bits per heavy atom. The fourth-order valence-corrected chi connectivity index (χ4v) is 2.68. The summed E-state index contributed by atoms with van der Waals surface area (Å²) < 4.78 is 5.33. The molecule has 1 aliphatic heterocycles. The van der Waals surface area contributed by atoms with Gasteiger partial charge in [-0.3, -0.25) is 4.79 Å². The molecule has 0 spiro atoms. The van der Waals surface area contributed by atoms with Crippen LogP contribution in [0, 0.1) is 6.92 Å². The summed E-state index contributed by atoms with van der Waals surface area (Å²) in [5.41, 5.74) is 1.77. The number of halogens is 1. The molecule has 5 nitrogen and oxygen atoms in total. The van der Waals surface area contributed by atoms with E-state index in [-0.39, 0.29) is 6.04 Å². The van der Waals surface area contributed by atoms with E-state index in [1.54, 1.807) is 4.90 Å². The minimum Gasteiger partial charge on any atom is -0.337 e. The molecule has 0 bridgehead atoms. The molecule has 20 heavy (non-hydrogen) atoms. The van der Waals surface area contributed by atoms with E-state index < -0.39 is 0 Å². The quantitative estimate of drug-likeness (QED) is 0.816. The Morgan fingerprint density at radius 3 is 3.15 bits per heavy atom. The minimum absolute atomic E-state index is 0.103. The average Bonchev–Trinajstić information content (AvgIpc) is 3.09. The zero-order chi connectivity index (χ0) is 14.1. The topological polar surface area (TPSA) is 59.2 Å². The Kier molecular flexibility index (Phi) is 3.44. The van der Waals surface area contributed by atoms with Crippen molar-refractivity contribution in [1.29, 1.82) is 0 Å². The number of rotatable bonds is 3. The second kappa shape index (κ2) is 5.25. The molecule has 1 amide bonds. The van der Waals surface area contributed by atoms with E-state index in [1.807, 2.05) is 25.1 Å². The third-order valence-corrected chi connectivity index (χ3v) is 4.07. The van der Waals surface area contributed by atoms with Gasteiger partial charge in [0.1, 0.15) is 6.04 Å². The molecule has 0 N–H and O–H groups in total. The van der Waals surface area contributed by atoms with Gasteiger partial charge < -0.3 is 9.42 Å². The maximum absolute atomic E-state index is 11.0. The molecular formula is C14H14ClN3O2. The fraction of sp³-hybridized carbons (Fsp3) is 0.357. The molecule has 1 aromatic heterocycles. The second-order valence-corrected chi connectivity index (χ2v) is 5.28. The Hall–Kier alpha value is -1.88. The average molecular weight is 292 g/mol. The molecule has 0 unspecified atom stereocenters.